The molecule has 0 radical (unpaired) electrons. The minimum absolute atomic E-state index is 0.204. The molecule has 0 saturated carbocycles. The second kappa shape index (κ2) is 10.9. The lowest BCUT2D eigenvalue weighted by atomic mass is 10.2. The first-order chi connectivity index (χ1) is 18.7. The van der Waals surface area contributed by atoms with Crippen LogP contribution in [0.5, 0.6) is 11.5 Å². The van der Waals surface area contributed by atoms with Crippen LogP contribution in [0, 0.1) is 0 Å². The molecule has 0 aliphatic carbocycles. The highest BCUT2D eigenvalue weighted by Gasteiger charge is 2.22. The molecule has 9 nitrogen and oxygen atoms in total. The Kier molecular flexibility index (Phi) is 7.61. The zero-order valence-corrected chi connectivity index (χ0v) is 25.1. The van der Waals surface area contributed by atoms with E-state index in [4.69, 9.17) is 18.9 Å². The Morgan fingerprint density at radius 1 is 1.13 bits per heavy atom. The molecule has 1 atom stereocenters. The van der Waals surface area contributed by atoms with Crippen LogP contribution in [0.2, 0.25) is 0 Å². The molecular weight excluding hydrogens is 702 g/mol. The number of fused-ring (bicyclic) bond motifs is 2. The summed E-state index contributed by atoms with van der Waals surface area (Å²) in [7, 11) is 1.44. The number of methoxy groups -OCH3 is 1. The van der Waals surface area contributed by atoms with Gasteiger partial charge in [-0.05, 0) is 81.2 Å². The molecule has 0 amide bonds. The lowest BCUT2D eigenvalue weighted by molar-refractivity contribution is -0.144. The van der Waals surface area contributed by atoms with E-state index in [-0.39, 0.29) is 22.9 Å². The summed E-state index contributed by atoms with van der Waals surface area (Å²) in [5, 5.41) is 15.0. The summed E-state index contributed by atoms with van der Waals surface area (Å²) in [4.78, 5) is 29.6. The maximum atomic E-state index is 13.6. The molecule has 3 aromatic carbocycles. The predicted molar refractivity (Wildman–Crippen MR) is 158 cm³/mol. The van der Waals surface area contributed by atoms with Crippen LogP contribution in [0.25, 0.3) is 33.5 Å². The van der Waals surface area contributed by atoms with Crippen LogP contribution in [0.3, 0.4) is 0 Å². The van der Waals surface area contributed by atoms with Gasteiger partial charge in [-0.3, -0.25) is 4.79 Å². The van der Waals surface area contributed by atoms with Crippen molar-refractivity contribution in [3.8, 4) is 23.1 Å². The summed E-state index contributed by atoms with van der Waals surface area (Å²) in [6, 6.07) is 16.0. The number of furan rings is 1. The minimum atomic E-state index is -1.13. The molecule has 198 valence electrons. The van der Waals surface area contributed by atoms with Gasteiger partial charge in [-0.2, -0.15) is 9.78 Å². The first-order valence-electron chi connectivity index (χ1n) is 11.4. The fourth-order valence-electron chi connectivity index (χ4n) is 3.82. The normalized spacial score (nSPS) is 12.3. The molecule has 2 heterocycles. The molecule has 0 aliphatic rings. The van der Waals surface area contributed by atoms with E-state index in [1.165, 1.54) is 24.9 Å². The Hall–Kier alpha value is -3.48. The van der Waals surface area contributed by atoms with Gasteiger partial charge in [0, 0.05) is 19.9 Å². The highest BCUT2D eigenvalue weighted by molar-refractivity contribution is 9.13. The molecule has 2 aromatic heterocycles. The topological polar surface area (TPSA) is 116 Å². The fourth-order valence-corrected chi connectivity index (χ4v) is 5.12. The maximum Gasteiger partial charge on any atom is 0.344 e. The molecule has 0 unspecified atom stereocenters. The fraction of sp³-hybridized carbons (Fsp3) is 0.111. The Labute approximate surface area is 246 Å². The Morgan fingerprint density at radius 2 is 1.90 bits per heavy atom. The number of benzene rings is 3. The number of hydrogen-bond donors (Lipinski definition) is 1. The van der Waals surface area contributed by atoms with Crippen LogP contribution in [0.1, 0.15) is 12.5 Å². The number of hydrogen-bond acceptors (Lipinski definition) is 7. The zero-order chi connectivity index (χ0) is 27.8. The monoisotopic (exact) mass is 717 g/mol. The van der Waals surface area contributed by atoms with Gasteiger partial charge in [0.05, 0.1) is 28.7 Å². The third-order valence-corrected chi connectivity index (χ3v) is 8.42. The van der Waals surface area contributed by atoms with Crippen LogP contribution < -0.4 is 15.0 Å². The van der Waals surface area contributed by atoms with Crippen molar-refractivity contribution in [3.05, 3.63) is 83.9 Å². The molecule has 0 aliphatic heterocycles. The summed E-state index contributed by atoms with van der Waals surface area (Å²) < 4.78 is 20.1. The SMILES string of the molecule is COc1cc(C=Nn2c(-c3cc4cc(Br)ccc4o3)nc3ccccc3c2=O)c(Br)c(Br)c1O[C@H](C)C(=O)O. The van der Waals surface area contributed by atoms with E-state index >= 15 is 0 Å². The highest BCUT2D eigenvalue weighted by atomic mass is 79.9. The maximum absolute atomic E-state index is 13.6. The van der Waals surface area contributed by atoms with Gasteiger partial charge < -0.3 is 19.0 Å². The Balaban J connectivity index is 1.66. The third-order valence-electron chi connectivity index (χ3n) is 5.78. The van der Waals surface area contributed by atoms with Crippen LogP contribution >= 0.6 is 47.8 Å². The van der Waals surface area contributed by atoms with Crippen LogP contribution in [0.4, 0.5) is 0 Å². The number of para-hydroxylation sites is 1. The van der Waals surface area contributed by atoms with E-state index in [2.05, 4.69) is 52.9 Å². The average Bonchev–Trinajstić information content (AvgIpc) is 3.34. The van der Waals surface area contributed by atoms with E-state index in [1.807, 2.05) is 18.2 Å². The summed E-state index contributed by atoms with van der Waals surface area (Å²) in [6.07, 6.45) is 0.346. The van der Waals surface area contributed by atoms with Gasteiger partial charge in [-0.15, -0.1) is 0 Å². The van der Waals surface area contributed by atoms with Crippen molar-refractivity contribution in [2.24, 2.45) is 5.10 Å². The van der Waals surface area contributed by atoms with Crippen molar-refractivity contribution in [2.75, 3.05) is 7.11 Å². The molecule has 0 spiro atoms. The standard InChI is InChI=1S/C27H18Br3N3O6/c1-13(27(35)36)38-24-20(37-2)11-15(22(29)23(24)30)12-31-33-25(32-18-6-4-3-5-17(18)26(33)34)21-10-14-9-16(28)7-8-19(14)39-21/h3-13H,1-2H3,(H,35,36)/t13-/m1/s1. The number of carbonyl (C=O) groups is 1. The molecule has 1 N–H and O–H groups in total. The number of rotatable bonds is 7. The highest BCUT2D eigenvalue weighted by Crippen LogP contribution is 2.43. The van der Waals surface area contributed by atoms with Gasteiger partial charge in [-0.1, -0.05) is 28.1 Å². The zero-order valence-electron chi connectivity index (χ0n) is 20.3. The van der Waals surface area contributed by atoms with Crippen LogP contribution in [-0.4, -0.2) is 40.2 Å². The summed E-state index contributed by atoms with van der Waals surface area (Å²) in [6.45, 7) is 1.41. The molecule has 0 saturated heterocycles. The van der Waals surface area contributed by atoms with Crippen molar-refractivity contribution in [1.29, 1.82) is 0 Å². The van der Waals surface area contributed by atoms with E-state index in [0.29, 0.717) is 36.8 Å². The predicted octanol–water partition coefficient (Wildman–Crippen LogP) is 6.84. The summed E-state index contributed by atoms with van der Waals surface area (Å²) >= 11 is 10.4. The number of aliphatic carboxylic acids is 1. The second-order valence-corrected chi connectivity index (χ2v) is 10.8. The van der Waals surface area contributed by atoms with Gasteiger partial charge in [0.15, 0.2) is 23.4 Å². The first-order valence-corrected chi connectivity index (χ1v) is 13.8. The summed E-state index contributed by atoms with van der Waals surface area (Å²) in [5.74, 6) is -0.0619. The number of ether oxygens (including phenoxy) is 2. The molecule has 12 heteroatoms. The van der Waals surface area contributed by atoms with Crippen molar-refractivity contribution in [1.82, 2.24) is 9.66 Å². The molecule has 5 rings (SSSR count). The molecular formula is C27H18Br3N3O6. The molecule has 5 aromatic rings. The van der Waals surface area contributed by atoms with Crippen molar-refractivity contribution in [2.45, 2.75) is 13.0 Å². The Morgan fingerprint density at radius 3 is 2.64 bits per heavy atom. The number of aromatic nitrogens is 2. The quantitative estimate of drug-likeness (QED) is 0.183. The smallest absolute Gasteiger partial charge is 0.344 e. The van der Waals surface area contributed by atoms with Gasteiger partial charge in [0.2, 0.25) is 5.82 Å². The van der Waals surface area contributed by atoms with Crippen LogP contribution in [0.15, 0.2) is 82.3 Å². The van der Waals surface area contributed by atoms with Crippen molar-refractivity contribution >= 4 is 81.8 Å². The van der Waals surface area contributed by atoms with Crippen LogP contribution in [-0.2, 0) is 4.79 Å². The average molecular weight is 720 g/mol. The van der Waals surface area contributed by atoms with Crippen molar-refractivity contribution < 1.29 is 23.8 Å². The minimum Gasteiger partial charge on any atom is -0.493 e. The van der Waals surface area contributed by atoms with Gasteiger partial charge in [0.25, 0.3) is 5.56 Å². The first kappa shape index (κ1) is 27.1. The molecule has 0 bridgehead atoms. The number of carboxylic acid groups (broad SMARTS) is 1. The molecule has 0 fully saturated rings. The second-order valence-electron chi connectivity index (χ2n) is 8.33. The number of nitrogens with zero attached hydrogens (tertiary/aromatic N) is 3. The van der Waals surface area contributed by atoms with Crippen molar-refractivity contribution in [3.63, 3.8) is 0 Å². The van der Waals surface area contributed by atoms with E-state index in [9.17, 15) is 14.7 Å². The van der Waals surface area contributed by atoms with E-state index in [1.54, 1.807) is 36.4 Å². The van der Waals surface area contributed by atoms with E-state index < -0.39 is 12.1 Å². The third kappa shape index (κ3) is 5.23. The van der Waals surface area contributed by atoms with Gasteiger partial charge in [-0.25, -0.2) is 9.78 Å². The Bertz CT molecular complexity index is 1850. The summed E-state index contributed by atoms with van der Waals surface area (Å²) in [5.41, 5.74) is 1.28. The largest absolute Gasteiger partial charge is 0.493 e. The van der Waals surface area contributed by atoms with Gasteiger partial charge in [0.1, 0.15) is 5.58 Å². The number of carboxylic acids is 1. The molecule has 39 heavy (non-hydrogen) atoms. The number of halogens is 3. The lowest BCUT2D eigenvalue weighted by Crippen LogP contribution is -2.23. The van der Waals surface area contributed by atoms with Gasteiger partial charge >= 0.3 is 5.97 Å². The lowest BCUT2D eigenvalue weighted by Gasteiger charge is -2.17. The van der Waals surface area contributed by atoms with E-state index in [0.717, 1.165) is 9.86 Å².